The number of nitrogens with one attached hydrogen (secondary N) is 1. The lowest BCUT2D eigenvalue weighted by atomic mass is 10.1. The van der Waals surface area contributed by atoms with Gasteiger partial charge in [0.2, 0.25) is 0 Å². The number of fused-ring (bicyclic) bond motifs is 1. The third-order valence-corrected chi connectivity index (χ3v) is 5.72. The standard InChI is InChI=1S/C25H33N3O3/c1-4-27(5-2)15-9-10-19(3)26-25(30)21-12-8-11-20(16-21)17-28-22-13-6-7-14-23(22)31-18-24(28)29/h6-8,11-14,16,19H,4-5,9-10,15,17-18H2,1-3H3,(H,26,30). The number of carbonyl (C=O) groups excluding carboxylic acids is 2. The van der Waals surface area contributed by atoms with E-state index in [1.54, 1.807) is 4.90 Å². The highest BCUT2D eigenvalue weighted by Crippen LogP contribution is 2.32. The quantitative estimate of drug-likeness (QED) is 0.631. The van der Waals surface area contributed by atoms with Gasteiger partial charge in [-0.1, -0.05) is 38.1 Å². The van der Waals surface area contributed by atoms with Crippen molar-refractivity contribution in [1.29, 1.82) is 0 Å². The molecule has 6 heteroatoms. The smallest absolute Gasteiger partial charge is 0.265 e. The molecule has 2 amide bonds. The summed E-state index contributed by atoms with van der Waals surface area (Å²) in [4.78, 5) is 29.3. The Kier molecular flexibility index (Phi) is 8.06. The first-order chi connectivity index (χ1) is 15.0. The summed E-state index contributed by atoms with van der Waals surface area (Å²) in [6.07, 6.45) is 2.00. The summed E-state index contributed by atoms with van der Waals surface area (Å²) in [5, 5.41) is 3.10. The highest BCUT2D eigenvalue weighted by atomic mass is 16.5. The number of amides is 2. The average molecular weight is 424 g/mol. The summed E-state index contributed by atoms with van der Waals surface area (Å²) < 4.78 is 5.51. The largest absolute Gasteiger partial charge is 0.482 e. The molecule has 1 aliphatic rings. The maximum atomic E-state index is 12.7. The summed E-state index contributed by atoms with van der Waals surface area (Å²) in [5.74, 6) is 0.538. The van der Waals surface area contributed by atoms with Gasteiger partial charge in [-0.3, -0.25) is 9.59 Å². The second-order valence-electron chi connectivity index (χ2n) is 7.98. The van der Waals surface area contributed by atoms with Crippen LogP contribution in [0.1, 0.15) is 49.5 Å². The van der Waals surface area contributed by atoms with Crippen molar-refractivity contribution in [3.8, 4) is 5.75 Å². The number of nitrogens with zero attached hydrogens (tertiary/aromatic N) is 2. The van der Waals surface area contributed by atoms with Crippen LogP contribution in [0, 0.1) is 0 Å². The van der Waals surface area contributed by atoms with Crippen LogP contribution in [0.2, 0.25) is 0 Å². The zero-order valence-corrected chi connectivity index (χ0v) is 18.8. The fraction of sp³-hybridized carbons (Fsp3) is 0.440. The molecule has 2 aromatic rings. The van der Waals surface area contributed by atoms with Crippen molar-refractivity contribution < 1.29 is 14.3 Å². The summed E-state index contributed by atoms with van der Waals surface area (Å²) in [7, 11) is 0. The molecule has 1 heterocycles. The molecule has 0 aromatic heterocycles. The lowest BCUT2D eigenvalue weighted by Crippen LogP contribution is -2.38. The predicted octanol–water partition coefficient (Wildman–Crippen LogP) is 3.85. The van der Waals surface area contributed by atoms with Crippen molar-refractivity contribution >= 4 is 17.5 Å². The third-order valence-electron chi connectivity index (χ3n) is 5.72. The minimum Gasteiger partial charge on any atom is -0.482 e. The van der Waals surface area contributed by atoms with Crippen LogP contribution < -0.4 is 15.0 Å². The van der Waals surface area contributed by atoms with Crippen molar-refractivity contribution in [2.24, 2.45) is 0 Å². The zero-order valence-electron chi connectivity index (χ0n) is 18.8. The molecule has 2 aromatic carbocycles. The number of carbonyl (C=O) groups is 2. The number of ether oxygens (including phenoxy) is 1. The molecule has 31 heavy (non-hydrogen) atoms. The van der Waals surface area contributed by atoms with Gasteiger partial charge in [0.1, 0.15) is 5.75 Å². The molecule has 6 nitrogen and oxygen atoms in total. The molecule has 1 aliphatic heterocycles. The second kappa shape index (κ2) is 11.0. The molecule has 0 bridgehead atoms. The Labute approximate surface area is 185 Å². The summed E-state index contributed by atoms with van der Waals surface area (Å²) in [5.41, 5.74) is 2.28. The highest BCUT2D eigenvalue weighted by Gasteiger charge is 2.25. The molecular formula is C25H33N3O3. The Morgan fingerprint density at radius 3 is 2.71 bits per heavy atom. The normalized spacial score (nSPS) is 14.2. The lowest BCUT2D eigenvalue weighted by Gasteiger charge is -2.29. The Morgan fingerprint density at radius 1 is 1.16 bits per heavy atom. The van der Waals surface area contributed by atoms with Crippen LogP contribution >= 0.6 is 0 Å². The van der Waals surface area contributed by atoms with Crippen LogP contribution in [0.15, 0.2) is 48.5 Å². The van der Waals surface area contributed by atoms with Crippen LogP contribution in [-0.4, -0.2) is 49.0 Å². The van der Waals surface area contributed by atoms with Gasteiger partial charge in [0.25, 0.3) is 11.8 Å². The van der Waals surface area contributed by atoms with E-state index in [-0.39, 0.29) is 24.5 Å². The number of anilines is 1. The van der Waals surface area contributed by atoms with Crippen molar-refractivity contribution in [3.05, 3.63) is 59.7 Å². The number of para-hydroxylation sites is 2. The molecule has 0 radical (unpaired) electrons. The van der Waals surface area contributed by atoms with E-state index in [2.05, 4.69) is 24.1 Å². The molecular weight excluding hydrogens is 390 g/mol. The van der Waals surface area contributed by atoms with E-state index in [1.165, 1.54) is 0 Å². The van der Waals surface area contributed by atoms with Crippen LogP contribution in [-0.2, 0) is 11.3 Å². The first-order valence-corrected chi connectivity index (χ1v) is 11.2. The molecule has 1 N–H and O–H groups in total. The fourth-order valence-electron chi connectivity index (χ4n) is 3.86. The van der Waals surface area contributed by atoms with E-state index in [1.807, 2.05) is 55.5 Å². The minimum atomic E-state index is -0.0876. The molecule has 0 spiro atoms. The third kappa shape index (κ3) is 6.07. The number of hydrogen-bond acceptors (Lipinski definition) is 4. The Bertz CT molecular complexity index is 895. The van der Waals surface area contributed by atoms with Crippen molar-refractivity contribution in [2.75, 3.05) is 31.1 Å². The molecule has 0 saturated carbocycles. The average Bonchev–Trinajstić information content (AvgIpc) is 2.79. The van der Waals surface area contributed by atoms with Gasteiger partial charge in [-0.25, -0.2) is 0 Å². The number of benzene rings is 2. The molecule has 1 unspecified atom stereocenters. The second-order valence-corrected chi connectivity index (χ2v) is 7.98. The summed E-state index contributed by atoms with van der Waals surface area (Å²) in [6.45, 7) is 9.99. The summed E-state index contributed by atoms with van der Waals surface area (Å²) >= 11 is 0. The van der Waals surface area contributed by atoms with Crippen molar-refractivity contribution in [1.82, 2.24) is 10.2 Å². The van der Waals surface area contributed by atoms with E-state index in [0.717, 1.165) is 43.7 Å². The Hall–Kier alpha value is -2.86. The summed E-state index contributed by atoms with van der Waals surface area (Å²) in [6, 6.07) is 15.1. The van der Waals surface area contributed by atoms with E-state index in [4.69, 9.17) is 4.74 Å². The highest BCUT2D eigenvalue weighted by molar-refractivity contribution is 5.98. The zero-order chi connectivity index (χ0) is 22.2. The Morgan fingerprint density at radius 2 is 1.94 bits per heavy atom. The SMILES string of the molecule is CCN(CC)CCCC(C)NC(=O)c1cccc(CN2C(=O)COc3ccccc32)c1. The molecule has 1 atom stereocenters. The van der Waals surface area contributed by atoms with Gasteiger partial charge in [-0.15, -0.1) is 0 Å². The molecule has 3 rings (SSSR count). The van der Waals surface area contributed by atoms with E-state index >= 15 is 0 Å². The van der Waals surface area contributed by atoms with Gasteiger partial charge < -0.3 is 19.9 Å². The molecule has 166 valence electrons. The number of hydrogen-bond donors (Lipinski definition) is 1. The minimum absolute atomic E-state index is 0.0300. The molecule has 0 saturated heterocycles. The van der Waals surface area contributed by atoms with Crippen molar-refractivity contribution in [2.45, 2.75) is 46.2 Å². The maximum absolute atomic E-state index is 12.7. The maximum Gasteiger partial charge on any atom is 0.265 e. The van der Waals surface area contributed by atoms with E-state index in [9.17, 15) is 9.59 Å². The van der Waals surface area contributed by atoms with Gasteiger partial charge in [0.15, 0.2) is 6.61 Å². The van der Waals surface area contributed by atoms with Gasteiger partial charge in [-0.2, -0.15) is 0 Å². The van der Waals surface area contributed by atoms with Crippen LogP contribution in [0.4, 0.5) is 5.69 Å². The van der Waals surface area contributed by atoms with Crippen molar-refractivity contribution in [3.63, 3.8) is 0 Å². The van der Waals surface area contributed by atoms with Gasteiger partial charge in [0.05, 0.1) is 12.2 Å². The van der Waals surface area contributed by atoms with E-state index < -0.39 is 0 Å². The predicted molar refractivity (Wildman–Crippen MR) is 124 cm³/mol. The topological polar surface area (TPSA) is 61.9 Å². The molecule has 0 aliphatic carbocycles. The van der Waals surface area contributed by atoms with Crippen LogP contribution in [0.3, 0.4) is 0 Å². The monoisotopic (exact) mass is 423 g/mol. The fourth-order valence-corrected chi connectivity index (χ4v) is 3.86. The lowest BCUT2D eigenvalue weighted by molar-refractivity contribution is -0.121. The van der Waals surface area contributed by atoms with Gasteiger partial charge in [0, 0.05) is 11.6 Å². The Balaban J connectivity index is 1.60. The first-order valence-electron chi connectivity index (χ1n) is 11.2. The first kappa shape index (κ1) is 22.8. The van der Waals surface area contributed by atoms with Crippen LogP contribution in [0.5, 0.6) is 5.75 Å². The van der Waals surface area contributed by atoms with Crippen LogP contribution in [0.25, 0.3) is 0 Å². The number of rotatable bonds is 10. The van der Waals surface area contributed by atoms with E-state index in [0.29, 0.717) is 17.9 Å². The van der Waals surface area contributed by atoms with Gasteiger partial charge >= 0.3 is 0 Å². The molecule has 0 fully saturated rings. The van der Waals surface area contributed by atoms with Gasteiger partial charge in [-0.05, 0) is 69.2 Å².